The number of rotatable bonds is 5. The van der Waals surface area contributed by atoms with Crippen molar-refractivity contribution in [2.45, 2.75) is 17.1 Å². The van der Waals surface area contributed by atoms with E-state index < -0.39 is 0 Å². The maximum Gasteiger partial charge on any atom is 0.162 e. The highest BCUT2D eigenvalue weighted by atomic mass is 32.2. The third kappa shape index (κ3) is 3.74. The maximum absolute atomic E-state index is 5.63. The first kappa shape index (κ1) is 15.5. The van der Waals surface area contributed by atoms with Gasteiger partial charge in [-0.2, -0.15) is 0 Å². The Bertz CT molecular complexity index is 817. The summed E-state index contributed by atoms with van der Waals surface area (Å²) < 4.78 is 11.2. The fourth-order valence-electron chi connectivity index (χ4n) is 2.54. The maximum atomic E-state index is 5.63. The predicted octanol–water partition coefficient (Wildman–Crippen LogP) is 4.80. The molecule has 0 N–H and O–H groups in total. The lowest BCUT2D eigenvalue weighted by Gasteiger charge is -2.18. The van der Waals surface area contributed by atoms with Gasteiger partial charge in [0.05, 0.1) is 10.7 Å². The van der Waals surface area contributed by atoms with Crippen LogP contribution in [0.1, 0.15) is 16.3 Å². The van der Waals surface area contributed by atoms with Gasteiger partial charge in [0.25, 0.3) is 0 Å². The molecular formula is C19H17NO2S2. The SMILES string of the molecule is c1ccc(Cc2nc(CSc3ccc4c(c3)OCCO4)cs2)cc1. The molecule has 2 heterocycles. The fourth-order valence-corrected chi connectivity index (χ4v) is 4.29. The van der Waals surface area contributed by atoms with Crippen LogP contribution < -0.4 is 9.47 Å². The summed E-state index contributed by atoms with van der Waals surface area (Å²) in [7, 11) is 0. The molecular weight excluding hydrogens is 338 g/mol. The summed E-state index contributed by atoms with van der Waals surface area (Å²) in [5, 5.41) is 3.32. The van der Waals surface area contributed by atoms with Gasteiger partial charge in [-0.1, -0.05) is 30.3 Å². The molecule has 0 fully saturated rings. The van der Waals surface area contributed by atoms with Gasteiger partial charge in [-0.25, -0.2) is 4.98 Å². The van der Waals surface area contributed by atoms with E-state index in [0.717, 1.165) is 29.4 Å². The molecule has 3 nitrogen and oxygen atoms in total. The molecule has 0 unspecified atom stereocenters. The molecule has 4 rings (SSSR count). The van der Waals surface area contributed by atoms with Crippen molar-refractivity contribution in [3.05, 3.63) is 70.2 Å². The Hall–Kier alpha value is -1.98. The zero-order valence-corrected chi connectivity index (χ0v) is 14.7. The van der Waals surface area contributed by atoms with E-state index in [-0.39, 0.29) is 0 Å². The average Bonchev–Trinajstić information content (AvgIpc) is 3.08. The lowest BCUT2D eigenvalue weighted by molar-refractivity contribution is 0.171. The number of thioether (sulfide) groups is 1. The normalized spacial score (nSPS) is 13.0. The number of fused-ring (bicyclic) bond motifs is 1. The minimum absolute atomic E-state index is 0.621. The van der Waals surface area contributed by atoms with E-state index >= 15 is 0 Å². The van der Waals surface area contributed by atoms with Gasteiger partial charge in [0.1, 0.15) is 13.2 Å². The lowest BCUT2D eigenvalue weighted by Crippen LogP contribution is -2.15. The van der Waals surface area contributed by atoms with Crippen molar-refractivity contribution in [3.8, 4) is 11.5 Å². The van der Waals surface area contributed by atoms with E-state index in [1.165, 1.54) is 15.5 Å². The van der Waals surface area contributed by atoms with Crippen LogP contribution in [0, 0.1) is 0 Å². The van der Waals surface area contributed by atoms with E-state index in [9.17, 15) is 0 Å². The van der Waals surface area contributed by atoms with Gasteiger partial charge < -0.3 is 9.47 Å². The van der Waals surface area contributed by atoms with Crippen LogP contribution in [0.3, 0.4) is 0 Å². The Balaban J connectivity index is 1.38. The van der Waals surface area contributed by atoms with Gasteiger partial charge in [0, 0.05) is 22.4 Å². The first-order valence-corrected chi connectivity index (χ1v) is 9.73. The smallest absolute Gasteiger partial charge is 0.162 e. The molecule has 0 spiro atoms. The van der Waals surface area contributed by atoms with Crippen molar-refractivity contribution in [1.29, 1.82) is 0 Å². The van der Waals surface area contributed by atoms with Gasteiger partial charge >= 0.3 is 0 Å². The van der Waals surface area contributed by atoms with Gasteiger partial charge in [0.15, 0.2) is 11.5 Å². The molecule has 0 radical (unpaired) electrons. The minimum Gasteiger partial charge on any atom is -0.486 e. The summed E-state index contributed by atoms with van der Waals surface area (Å²) >= 11 is 3.51. The van der Waals surface area contributed by atoms with Crippen LogP contribution in [0.5, 0.6) is 11.5 Å². The molecule has 5 heteroatoms. The summed E-state index contributed by atoms with van der Waals surface area (Å²) in [5.74, 6) is 2.55. The predicted molar refractivity (Wildman–Crippen MR) is 98.4 cm³/mol. The second-order valence-corrected chi connectivity index (χ2v) is 7.48. The third-order valence-electron chi connectivity index (χ3n) is 3.70. The number of thiazole rings is 1. The topological polar surface area (TPSA) is 31.4 Å². The Labute approximate surface area is 149 Å². The standard InChI is InChI=1S/C19H17NO2S2/c1-2-4-14(5-3-1)10-19-20-15(13-24-19)12-23-16-6-7-17-18(11-16)22-9-8-21-17/h1-7,11,13H,8-10,12H2. The van der Waals surface area contributed by atoms with Crippen molar-refractivity contribution in [3.63, 3.8) is 0 Å². The molecule has 0 bridgehead atoms. The number of benzene rings is 2. The Morgan fingerprint density at radius 1 is 1.00 bits per heavy atom. The number of aromatic nitrogens is 1. The molecule has 3 aromatic rings. The quantitative estimate of drug-likeness (QED) is 0.615. The second-order valence-electron chi connectivity index (χ2n) is 5.49. The van der Waals surface area contributed by atoms with Gasteiger partial charge in [-0.3, -0.25) is 0 Å². The van der Waals surface area contributed by atoms with Crippen LogP contribution in [-0.2, 0) is 12.2 Å². The van der Waals surface area contributed by atoms with E-state index in [0.29, 0.717) is 13.2 Å². The molecule has 0 saturated heterocycles. The van der Waals surface area contributed by atoms with Crippen LogP contribution in [0.15, 0.2) is 58.8 Å². The summed E-state index contributed by atoms with van der Waals surface area (Å²) in [6, 6.07) is 16.6. The highest BCUT2D eigenvalue weighted by Crippen LogP contribution is 2.35. The molecule has 0 aliphatic carbocycles. The highest BCUT2D eigenvalue weighted by Gasteiger charge is 2.12. The molecule has 1 aliphatic heterocycles. The molecule has 0 atom stereocenters. The van der Waals surface area contributed by atoms with E-state index in [2.05, 4.69) is 41.8 Å². The molecule has 0 saturated carbocycles. The van der Waals surface area contributed by atoms with E-state index in [1.807, 2.05) is 12.1 Å². The van der Waals surface area contributed by atoms with Crippen LogP contribution in [0.4, 0.5) is 0 Å². The zero-order valence-electron chi connectivity index (χ0n) is 13.1. The average molecular weight is 355 g/mol. The number of hydrogen-bond acceptors (Lipinski definition) is 5. The van der Waals surface area contributed by atoms with Crippen LogP contribution in [0.25, 0.3) is 0 Å². The van der Waals surface area contributed by atoms with Crippen LogP contribution in [0.2, 0.25) is 0 Å². The first-order valence-electron chi connectivity index (χ1n) is 7.86. The van der Waals surface area contributed by atoms with Gasteiger partial charge in [-0.05, 0) is 23.8 Å². The summed E-state index contributed by atoms with van der Waals surface area (Å²) in [5.41, 5.74) is 2.43. The van der Waals surface area contributed by atoms with E-state index in [1.54, 1.807) is 23.1 Å². The Morgan fingerprint density at radius 2 is 1.83 bits per heavy atom. The van der Waals surface area contributed by atoms with Crippen LogP contribution >= 0.6 is 23.1 Å². The Kier molecular flexibility index (Phi) is 4.71. The number of ether oxygens (including phenoxy) is 2. The largest absolute Gasteiger partial charge is 0.486 e. The summed E-state index contributed by atoms with van der Waals surface area (Å²) in [4.78, 5) is 5.93. The minimum atomic E-state index is 0.621. The molecule has 0 amide bonds. The third-order valence-corrected chi connectivity index (χ3v) is 5.62. The molecule has 24 heavy (non-hydrogen) atoms. The van der Waals surface area contributed by atoms with Gasteiger partial charge in [-0.15, -0.1) is 23.1 Å². The number of nitrogens with zero attached hydrogens (tertiary/aromatic N) is 1. The van der Waals surface area contributed by atoms with Crippen LogP contribution in [-0.4, -0.2) is 18.2 Å². The fraction of sp³-hybridized carbons (Fsp3) is 0.211. The summed E-state index contributed by atoms with van der Waals surface area (Å²) in [6.07, 6.45) is 0.903. The zero-order chi connectivity index (χ0) is 16.2. The summed E-state index contributed by atoms with van der Waals surface area (Å²) in [6.45, 7) is 1.25. The van der Waals surface area contributed by atoms with Crippen molar-refractivity contribution in [1.82, 2.24) is 4.98 Å². The number of hydrogen-bond donors (Lipinski definition) is 0. The van der Waals surface area contributed by atoms with Crippen molar-refractivity contribution < 1.29 is 9.47 Å². The Morgan fingerprint density at radius 3 is 2.71 bits per heavy atom. The molecule has 122 valence electrons. The first-order chi connectivity index (χ1) is 11.9. The molecule has 2 aromatic carbocycles. The van der Waals surface area contributed by atoms with E-state index in [4.69, 9.17) is 14.5 Å². The monoisotopic (exact) mass is 355 g/mol. The second kappa shape index (κ2) is 7.28. The van der Waals surface area contributed by atoms with Crippen molar-refractivity contribution in [2.24, 2.45) is 0 Å². The van der Waals surface area contributed by atoms with Gasteiger partial charge in [0.2, 0.25) is 0 Å². The van der Waals surface area contributed by atoms with Crippen molar-refractivity contribution in [2.75, 3.05) is 13.2 Å². The highest BCUT2D eigenvalue weighted by molar-refractivity contribution is 7.98. The lowest BCUT2D eigenvalue weighted by atomic mass is 10.2. The molecule has 1 aromatic heterocycles. The van der Waals surface area contributed by atoms with Crippen molar-refractivity contribution >= 4 is 23.1 Å². The molecule has 1 aliphatic rings.